The first-order valence-corrected chi connectivity index (χ1v) is 4.65. The van der Waals surface area contributed by atoms with Gasteiger partial charge < -0.3 is 10.7 Å². The van der Waals surface area contributed by atoms with Crippen LogP contribution in [0.5, 0.6) is 0 Å². The highest BCUT2D eigenvalue weighted by molar-refractivity contribution is 5.78. The molecule has 2 rings (SSSR count). The molecular formula is C12H8N4. The number of nitriles is 2. The zero-order valence-corrected chi connectivity index (χ0v) is 8.36. The maximum absolute atomic E-state index is 9.01. The molecule has 0 amide bonds. The Kier molecular flexibility index (Phi) is 2.33. The second-order valence-corrected chi connectivity index (χ2v) is 3.25. The highest BCUT2D eigenvalue weighted by Crippen LogP contribution is 2.28. The van der Waals surface area contributed by atoms with Crippen LogP contribution in [0.25, 0.3) is 11.3 Å². The molecule has 0 aliphatic rings. The van der Waals surface area contributed by atoms with Crippen molar-refractivity contribution in [3.8, 4) is 23.4 Å². The standard InChI is InChI=1S/C12H8N4/c13-6-9-11(15)10(7-14)16-12(9)8-4-2-1-3-5-8/h1-5,16H,15H2. The Hall–Kier alpha value is -2.72. The molecule has 0 bridgehead atoms. The highest BCUT2D eigenvalue weighted by Gasteiger charge is 2.15. The summed E-state index contributed by atoms with van der Waals surface area (Å²) in [6.07, 6.45) is 0. The van der Waals surface area contributed by atoms with E-state index in [0.717, 1.165) is 5.56 Å². The van der Waals surface area contributed by atoms with E-state index in [0.29, 0.717) is 11.3 Å². The lowest BCUT2D eigenvalue weighted by Crippen LogP contribution is -1.88. The van der Waals surface area contributed by atoms with Crippen molar-refractivity contribution < 1.29 is 0 Å². The predicted octanol–water partition coefficient (Wildman–Crippen LogP) is 2.01. The van der Waals surface area contributed by atoms with E-state index in [-0.39, 0.29) is 11.4 Å². The summed E-state index contributed by atoms with van der Waals surface area (Å²) in [5.41, 5.74) is 7.89. The molecular weight excluding hydrogens is 200 g/mol. The van der Waals surface area contributed by atoms with Gasteiger partial charge in [-0.1, -0.05) is 30.3 Å². The van der Waals surface area contributed by atoms with E-state index in [2.05, 4.69) is 4.98 Å². The summed E-state index contributed by atoms with van der Waals surface area (Å²) in [5.74, 6) is 0. The molecule has 0 fully saturated rings. The second-order valence-electron chi connectivity index (χ2n) is 3.25. The summed E-state index contributed by atoms with van der Waals surface area (Å²) >= 11 is 0. The summed E-state index contributed by atoms with van der Waals surface area (Å²) in [7, 11) is 0. The minimum atomic E-state index is 0.212. The van der Waals surface area contributed by atoms with E-state index in [1.165, 1.54) is 0 Å². The normalized spacial score (nSPS) is 9.38. The summed E-state index contributed by atoms with van der Waals surface area (Å²) in [4.78, 5) is 2.86. The number of anilines is 1. The molecule has 0 unspecified atom stereocenters. The van der Waals surface area contributed by atoms with Crippen LogP contribution >= 0.6 is 0 Å². The number of hydrogen-bond acceptors (Lipinski definition) is 3. The average Bonchev–Trinajstić information content (AvgIpc) is 2.66. The van der Waals surface area contributed by atoms with Crippen molar-refractivity contribution in [2.24, 2.45) is 0 Å². The van der Waals surface area contributed by atoms with Crippen LogP contribution in [-0.2, 0) is 0 Å². The van der Waals surface area contributed by atoms with Gasteiger partial charge in [0.25, 0.3) is 0 Å². The van der Waals surface area contributed by atoms with Gasteiger partial charge in [0.1, 0.15) is 23.4 Å². The quantitative estimate of drug-likeness (QED) is 0.751. The fraction of sp³-hybridized carbons (Fsp3) is 0. The van der Waals surface area contributed by atoms with Crippen LogP contribution in [0.4, 0.5) is 5.69 Å². The second kappa shape index (κ2) is 3.80. The molecule has 0 atom stereocenters. The molecule has 0 saturated heterocycles. The summed E-state index contributed by atoms with van der Waals surface area (Å²) in [6, 6.07) is 13.3. The molecule has 0 saturated carbocycles. The van der Waals surface area contributed by atoms with E-state index in [4.69, 9.17) is 16.3 Å². The van der Waals surface area contributed by atoms with Crippen LogP contribution in [0, 0.1) is 22.7 Å². The molecule has 3 N–H and O–H groups in total. The molecule has 0 radical (unpaired) electrons. The monoisotopic (exact) mass is 208 g/mol. The van der Waals surface area contributed by atoms with Gasteiger partial charge in [0.05, 0.1) is 11.4 Å². The molecule has 0 aliphatic heterocycles. The van der Waals surface area contributed by atoms with Gasteiger partial charge in [0.2, 0.25) is 0 Å². The van der Waals surface area contributed by atoms with Gasteiger partial charge in [-0.15, -0.1) is 0 Å². The first-order valence-electron chi connectivity index (χ1n) is 4.65. The SMILES string of the molecule is N#Cc1[nH]c(-c2ccccc2)c(C#N)c1N. The third-order valence-corrected chi connectivity index (χ3v) is 2.32. The average molecular weight is 208 g/mol. The molecule has 76 valence electrons. The fourth-order valence-electron chi connectivity index (χ4n) is 1.54. The van der Waals surface area contributed by atoms with Crippen LogP contribution in [0.15, 0.2) is 30.3 Å². The number of nitrogen functional groups attached to an aromatic ring is 1. The number of benzene rings is 1. The number of aromatic amines is 1. The molecule has 0 aliphatic carbocycles. The summed E-state index contributed by atoms with van der Waals surface area (Å²) in [6.45, 7) is 0. The molecule has 1 aromatic heterocycles. The Labute approximate surface area is 92.6 Å². The number of nitrogens with two attached hydrogens (primary N) is 1. The topological polar surface area (TPSA) is 89.4 Å². The van der Waals surface area contributed by atoms with Crippen molar-refractivity contribution in [2.75, 3.05) is 5.73 Å². The minimum Gasteiger partial charge on any atom is -0.395 e. The molecule has 1 heterocycles. The Morgan fingerprint density at radius 1 is 1.06 bits per heavy atom. The lowest BCUT2D eigenvalue weighted by molar-refractivity contribution is 1.33. The Bertz CT molecular complexity index is 596. The number of aromatic nitrogens is 1. The summed E-state index contributed by atoms with van der Waals surface area (Å²) < 4.78 is 0. The van der Waals surface area contributed by atoms with Gasteiger partial charge in [-0.05, 0) is 5.56 Å². The molecule has 4 nitrogen and oxygen atoms in total. The van der Waals surface area contributed by atoms with Crippen LogP contribution in [0.1, 0.15) is 11.3 Å². The van der Waals surface area contributed by atoms with E-state index in [1.54, 1.807) is 0 Å². The lowest BCUT2D eigenvalue weighted by atomic mass is 10.1. The van der Waals surface area contributed by atoms with Crippen molar-refractivity contribution >= 4 is 5.69 Å². The number of nitrogens with one attached hydrogen (secondary N) is 1. The van der Waals surface area contributed by atoms with Crippen molar-refractivity contribution in [3.05, 3.63) is 41.6 Å². The maximum atomic E-state index is 9.01. The number of hydrogen-bond donors (Lipinski definition) is 2. The van der Waals surface area contributed by atoms with Gasteiger partial charge in [-0.2, -0.15) is 10.5 Å². The van der Waals surface area contributed by atoms with Gasteiger partial charge in [0.15, 0.2) is 0 Å². The number of H-pyrrole nitrogens is 1. The Morgan fingerprint density at radius 2 is 1.75 bits per heavy atom. The van der Waals surface area contributed by atoms with Crippen molar-refractivity contribution in [3.63, 3.8) is 0 Å². The first-order chi connectivity index (χ1) is 7.77. The van der Waals surface area contributed by atoms with E-state index >= 15 is 0 Å². The van der Waals surface area contributed by atoms with E-state index < -0.39 is 0 Å². The maximum Gasteiger partial charge on any atom is 0.142 e. The van der Waals surface area contributed by atoms with Gasteiger partial charge in [-0.3, -0.25) is 0 Å². The highest BCUT2D eigenvalue weighted by atomic mass is 14.8. The minimum absolute atomic E-state index is 0.212. The first kappa shape index (κ1) is 9.82. The smallest absolute Gasteiger partial charge is 0.142 e. The Balaban J connectivity index is 2.69. The largest absolute Gasteiger partial charge is 0.395 e. The molecule has 2 aromatic rings. The van der Waals surface area contributed by atoms with Crippen LogP contribution in [0.3, 0.4) is 0 Å². The molecule has 4 heteroatoms. The molecule has 0 spiro atoms. The van der Waals surface area contributed by atoms with Crippen molar-refractivity contribution in [2.45, 2.75) is 0 Å². The van der Waals surface area contributed by atoms with Crippen molar-refractivity contribution in [1.82, 2.24) is 4.98 Å². The van der Waals surface area contributed by atoms with Gasteiger partial charge in [-0.25, -0.2) is 0 Å². The lowest BCUT2D eigenvalue weighted by Gasteiger charge is -1.97. The predicted molar refractivity (Wildman–Crippen MR) is 60.1 cm³/mol. The fourth-order valence-corrected chi connectivity index (χ4v) is 1.54. The zero-order chi connectivity index (χ0) is 11.5. The van der Waals surface area contributed by atoms with Gasteiger partial charge in [0, 0.05) is 0 Å². The van der Waals surface area contributed by atoms with Crippen LogP contribution in [-0.4, -0.2) is 4.98 Å². The Morgan fingerprint density at radius 3 is 2.31 bits per heavy atom. The van der Waals surface area contributed by atoms with E-state index in [1.807, 2.05) is 42.5 Å². The zero-order valence-electron chi connectivity index (χ0n) is 8.36. The van der Waals surface area contributed by atoms with E-state index in [9.17, 15) is 0 Å². The number of rotatable bonds is 1. The summed E-state index contributed by atoms with van der Waals surface area (Å²) in [5, 5.41) is 17.8. The molecule has 1 aromatic carbocycles. The third-order valence-electron chi connectivity index (χ3n) is 2.32. The third kappa shape index (κ3) is 1.39. The van der Waals surface area contributed by atoms with Gasteiger partial charge >= 0.3 is 0 Å². The number of nitrogens with zero attached hydrogens (tertiary/aromatic N) is 2. The van der Waals surface area contributed by atoms with Crippen molar-refractivity contribution in [1.29, 1.82) is 10.5 Å². The van der Waals surface area contributed by atoms with Crippen LogP contribution in [0.2, 0.25) is 0 Å². The molecule has 16 heavy (non-hydrogen) atoms. The van der Waals surface area contributed by atoms with Crippen LogP contribution < -0.4 is 5.73 Å².